The molecular formula is C12H20N4O3. The summed E-state index contributed by atoms with van der Waals surface area (Å²) in [4.78, 5) is 24.5. The van der Waals surface area contributed by atoms with Gasteiger partial charge in [-0.25, -0.2) is 9.59 Å². The van der Waals surface area contributed by atoms with E-state index in [1.807, 2.05) is 0 Å². The molecule has 1 aromatic rings. The Morgan fingerprint density at radius 2 is 2.16 bits per heavy atom. The van der Waals surface area contributed by atoms with Gasteiger partial charge in [0.25, 0.3) is 0 Å². The average Bonchev–Trinajstić information content (AvgIpc) is 2.73. The van der Waals surface area contributed by atoms with E-state index < -0.39 is 17.5 Å². The minimum atomic E-state index is -1.24. The monoisotopic (exact) mass is 268 g/mol. The number of aliphatic carboxylic acids is 1. The van der Waals surface area contributed by atoms with Crippen molar-refractivity contribution in [3.05, 3.63) is 18.0 Å². The lowest BCUT2D eigenvalue weighted by Crippen LogP contribution is -2.55. The highest BCUT2D eigenvalue weighted by Crippen LogP contribution is 2.14. The number of nitrogens with zero attached hydrogens (tertiary/aromatic N) is 3. The summed E-state index contributed by atoms with van der Waals surface area (Å²) in [6.07, 6.45) is 3.44. The third-order valence-electron chi connectivity index (χ3n) is 2.96. The number of aryl methyl sites for hydroxylation is 1. The molecule has 0 aliphatic rings. The number of likely N-dealkylation sites (N-methyl/N-ethyl adjacent to an activating group) is 1. The summed E-state index contributed by atoms with van der Waals surface area (Å²) < 4.78 is 1.64. The lowest BCUT2D eigenvalue weighted by Gasteiger charge is -2.34. The summed E-state index contributed by atoms with van der Waals surface area (Å²) in [5.74, 6) is -1.04. The summed E-state index contributed by atoms with van der Waals surface area (Å²) in [6.45, 7) is 5.39. The Morgan fingerprint density at radius 3 is 2.58 bits per heavy atom. The second-order valence-corrected chi connectivity index (χ2v) is 4.79. The molecule has 19 heavy (non-hydrogen) atoms. The molecule has 0 saturated carbocycles. The van der Waals surface area contributed by atoms with E-state index in [1.54, 1.807) is 31.0 Å². The van der Waals surface area contributed by atoms with E-state index in [9.17, 15) is 9.59 Å². The maximum atomic E-state index is 12.0. The van der Waals surface area contributed by atoms with Gasteiger partial charge >= 0.3 is 12.0 Å². The fourth-order valence-corrected chi connectivity index (χ4v) is 1.74. The Hall–Kier alpha value is -2.05. The Kier molecular flexibility index (Phi) is 4.52. The van der Waals surface area contributed by atoms with Crippen LogP contribution < -0.4 is 5.32 Å². The zero-order valence-electron chi connectivity index (χ0n) is 11.7. The molecule has 0 aliphatic carbocycles. The second-order valence-electron chi connectivity index (χ2n) is 4.79. The number of carboxylic acids is 1. The van der Waals surface area contributed by atoms with Gasteiger partial charge < -0.3 is 15.3 Å². The minimum Gasteiger partial charge on any atom is -0.480 e. The summed E-state index contributed by atoms with van der Waals surface area (Å²) >= 11 is 0. The van der Waals surface area contributed by atoms with Crippen molar-refractivity contribution in [2.24, 2.45) is 7.05 Å². The van der Waals surface area contributed by atoms with Crippen molar-refractivity contribution in [3.63, 3.8) is 0 Å². The van der Waals surface area contributed by atoms with Crippen molar-refractivity contribution >= 4 is 12.0 Å². The summed E-state index contributed by atoms with van der Waals surface area (Å²) in [7, 11) is 1.79. The van der Waals surface area contributed by atoms with Crippen molar-refractivity contribution in [1.29, 1.82) is 0 Å². The van der Waals surface area contributed by atoms with Crippen molar-refractivity contribution < 1.29 is 14.7 Å². The molecule has 1 heterocycles. The quantitative estimate of drug-likeness (QED) is 0.827. The SMILES string of the molecule is CCN(C(=O)NCc1cnn(C)c1)C(C)(C)C(=O)O. The van der Waals surface area contributed by atoms with Crippen LogP contribution in [-0.4, -0.2) is 43.9 Å². The van der Waals surface area contributed by atoms with Crippen molar-refractivity contribution in [2.45, 2.75) is 32.9 Å². The van der Waals surface area contributed by atoms with Gasteiger partial charge in [0.2, 0.25) is 0 Å². The first-order valence-corrected chi connectivity index (χ1v) is 6.05. The number of hydrogen-bond acceptors (Lipinski definition) is 3. The Labute approximate surface area is 112 Å². The van der Waals surface area contributed by atoms with E-state index in [-0.39, 0.29) is 0 Å². The molecule has 106 valence electrons. The Morgan fingerprint density at radius 1 is 1.53 bits per heavy atom. The molecule has 0 aromatic carbocycles. The number of rotatable bonds is 5. The summed E-state index contributed by atoms with van der Waals surface area (Å²) in [6, 6.07) is -0.404. The molecule has 2 amide bonds. The van der Waals surface area contributed by atoms with Crippen LogP contribution in [-0.2, 0) is 18.4 Å². The number of amides is 2. The van der Waals surface area contributed by atoms with Crippen LogP contribution >= 0.6 is 0 Å². The molecule has 0 atom stereocenters. The summed E-state index contributed by atoms with van der Waals surface area (Å²) in [5, 5.41) is 15.8. The highest BCUT2D eigenvalue weighted by molar-refractivity contribution is 5.85. The number of hydrogen-bond donors (Lipinski definition) is 2. The van der Waals surface area contributed by atoms with Crippen molar-refractivity contribution in [3.8, 4) is 0 Å². The molecular weight excluding hydrogens is 248 g/mol. The van der Waals surface area contributed by atoms with Crippen LogP contribution in [0.15, 0.2) is 12.4 Å². The van der Waals surface area contributed by atoms with Crippen LogP contribution in [0.3, 0.4) is 0 Å². The third-order valence-corrected chi connectivity index (χ3v) is 2.96. The fraction of sp³-hybridized carbons (Fsp3) is 0.583. The predicted octanol–water partition coefficient (Wildman–Crippen LogP) is 0.815. The number of carbonyl (C=O) groups excluding carboxylic acids is 1. The number of aromatic nitrogens is 2. The van der Waals surface area contributed by atoms with Crippen LogP contribution in [0.5, 0.6) is 0 Å². The van der Waals surface area contributed by atoms with E-state index in [0.29, 0.717) is 13.1 Å². The molecule has 2 N–H and O–H groups in total. The molecule has 0 radical (unpaired) electrons. The van der Waals surface area contributed by atoms with Crippen LogP contribution in [0.25, 0.3) is 0 Å². The van der Waals surface area contributed by atoms with Gasteiger partial charge in [0.1, 0.15) is 5.54 Å². The Balaban J connectivity index is 2.67. The van der Waals surface area contributed by atoms with E-state index >= 15 is 0 Å². The maximum Gasteiger partial charge on any atom is 0.329 e. The normalized spacial score (nSPS) is 11.2. The van der Waals surface area contributed by atoms with Crippen LogP contribution in [0, 0.1) is 0 Å². The van der Waals surface area contributed by atoms with E-state index in [4.69, 9.17) is 5.11 Å². The fourth-order valence-electron chi connectivity index (χ4n) is 1.74. The smallest absolute Gasteiger partial charge is 0.329 e. The molecule has 1 aromatic heterocycles. The lowest BCUT2D eigenvalue weighted by atomic mass is 10.0. The van der Waals surface area contributed by atoms with Gasteiger partial charge in [0.05, 0.1) is 6.20 Å². The Bertz CT molecular complexity index is 467. The number of urea groups is 1. The van der Waals surface area contributed by atoms with Crippen molar-refractivity contribution in [1.82, 2.24) is 20.0 Å². The van der Waals surface area contributed by atoms with Gasteiger partial charge in [-0.2, -0.15) is 5.10 Å². The zero-order valence-corrected chi connectivity index (χ0v) is 11.7. The van der Waals surface area contributed by atoms with E-state index in [1.165, 1.54) is 18.7 Å². The van der Waals surface area contributed by atoms with Gasteiger partial charge in [0.15, 0.2) is 0 Å². The maximum absolute atomic E-state index is 12.0. The van der Waals surface area contributed by atoms with Crippen LogP contribution in [0.2, 0.25) is 0 Å². The molecule has 0 fully saturated rings. The first-order valence-electron chi connectivity index (χ1n) is 6.05. The first-order chi connectivity index (χ1) is 8.78. The zero-order chi connectivity index (χ0) is 14.6. The molecule has 0 bridgehead atoms. The molecule has 7 nitrogen and oxygen atoms in total. The molecule has 0 spiro atoms. The predicted molar refractivity (Wildman–Crippen MR) is 69.5 cm³/mol. The molecule has 0 saturated heterocycles. The van der Waals surface area contributed by atoms with Gasteiger partial charge in [-0.3, -0.25) is 4.68 Å². The summed E-state index contributed by atoms with van der Waals surface area (Å²) in [5.41, 5.74) is -0.381. The molecule has 1 rings (SSSR count). The standard InChI is InChI=1S/C12H20N4O3/c1-5-16(12(2,3)10(17)18)11(19)13-6-9-7-14-15(4)8-9/h7-8H,5-6H2,1-4H3,(H,13,19)(H,17,18). The van der Waals surface area contributed by atoms with E-state index in [0.717, 1.165) is 5.56 Å². The molecule has 0 unspecified atom stereocenters. The lowest BCUT2D eigenvalue weighted by molar-refractivity contribution is -0.147. The van der Waals surface area contributed by atoms with Crippen molar-refractivity contribution in [2.75, 3.05) is 6.54 Å². The number of carbonyl (C=O) groups is 2. The van der Waals surface area contributed by atoms with Crippen LogP contribution in [0.1, 0.15) is 26.3 Å². The largest absolute Gasteiger partial charge is 0.480 e. The topological polar surface area (TPSA) is 87.5 Å². The highest BCUT2D eigenvalue weighted by Gasteiger charge is 2.36. The second kappa shape index (κ2) is 5.73. The van der Waals surface area contributed by atoms with Gasteiger partial charge in [-0.15, -0.1) is 0 Å². The van der Waals surface area contributed by atoms with E-state index in [2.05, 4.69) is 10.4 Å². The van der Waals surface area contributed by atoms with Crippen LogP contribution in [0.4, 0.5) is 4.79 Å². The molecule has 7 heteroatoms. The van der Waals surface area contributed by atoms with Gasteiger partial charge in [-0.1, -0.05) is 0 Å². The number of carboxylic acid groups (broad SMARTS) is 1. The first kappa shape index (κ1) is 15.0. The molecule has 0 aliphatic heterocycles. The average molecular weight is 268 g/mol. The number of nitrogens with one attached hydrogen (secondary N) is 1. The van der Waals surface area contributed by atoms with Gasteiger partial charge in [0, 0.05) is 31.9 Å². The van der Waals surface area contributed by atoms with Gasteiger partial charge in [-0.05, 0) is 20.8 Å². The third kappa shape index (κ3) is 3.46. The highest BCUT2D eigenvalue weighted by atomic mass is 16.4. The minimum absolute atomic E-state index is 0.318.